The van der Waals surface area contributed by atoms with E-state index in [4.69, 9.17) is 9.47 Å². The molecule has 2 N–H and O–H groups in total. The first-order chi connectivity index (χ1) is 26.1. The fourth-order valence-corrected chi connectivity index (χ4v) is 10.4. The maximum absolute atomic E-state index is 14.8. The predicted octanol–water partition coefficient (Wildman–Crippen LogP) is 6.92. The second kappa shape index (κ2) is 13.5. The minimum atomic E-state index is -4.97. The van der Waals surface area contributed by atoms with Crippen LogP contribution in [0.4, 0.5) is 19.1 Å². The van der Waals surface area contributed by atoms with Crippen LogP contribution in [0.1, 0.15) is 79.9 Å². The molecule has 4 aromatic rings. The molecule has 54 heavy (non-hydrogen) atoms. The van der Waals surface area contributed by atoms with Gasteiger partial charge in [0.05, 0.1) is 16.8 Å². The number of hydrogen-bond acceptors (Lipinski definition) is 8. The quantitative estimate of drug-likeness (QED) is 0.197. The van der Waals surface area contributed by atoms with E-state index in [2.05, 4.69) is 29.7 Å². The highest BCUT2D eigenvalue weighted by molar-refractivity contribution is 6.00. The molecule has 0 radical (unpaired) electrons. The molecule has 14 heteroatoms. The summed E-state index contributed by atoms with van der Waals surface area (Å²) < 4.78 is 58.7. The zero-order valence-corrected chi connectivity index (χ0v) is 29.8. The zero-order chi connectivity index (χ0) is 37.2. The number of halogens is 3. The van der Waals surface area contributed by atoms with E-state index in [1.165, 1.54) is 6.07 Å². The van der Waals surface area contributed by atoms with Crippen LogP contribution in [0.25, 0.3) is 22.2 Å². The van der Waals surface area contributed by atoms with Crippen molar-refractivity contribution >= 4 is 28.7 Å². The molecule has 6 fully saturated rings. The van der Waals surface area contributed by atoms with E-state index in [1.54, 1.807) is 18.5 Å². The Morgan fingerprint density at radius 1 is 0.926 bits per heavy atom. The molecule has 0 spiro atoms. The highest BCUT2D eigenvalue weighted by Crippen LogP contribution is 2.58. The van der Waals surface area contributed by atoms with Gasteiger partial charge < -0.3 is 29.4 Å². The number of nitrogens with one attached hydrogen (secondary N) is 1. The van der Waals surface area contributed by atoms with Crippen molar-refractivity contribution in [3.63, 3.8) is 0 Å². The maximum atomic E-state index is 14.8. The largest absolute Gasteiger partial charge is 0.490 e. The van der Waals surface area contributed by atoms with Gasteiger partial charge in [0.1, 0.15) is 17.4 Å². The molecule has 4 saturated carbocycles. The second-order valence-electron chi connectivity index (χ2n) is 15.8. The standard InChI is InChI=1S/C40H43F3N6O5/c41-40(42,43)35-31(36(50)47-39(37(51)52)25-17-23-16-24(19-25)20-26(39)18-23)4-5-33(46-35)32-22-49(27-8-14-53-15-9-27)34-21-29(2-3-30(32)34)54-28-6-12-48(13-7-28)38-44-10-1-11-45-38/h1-5,10-11,21-28H,6-9,12-20H2,(H,47,50)(H,51,52). The zero-order valence-electron chi connectivity index (χ0n) is 29.8. The number of benzene rings is 1. The molecular weight excluding hydrogens is 701 g/mol. The molecule has 0 unspecified atom stereocenters. The predicted molar refractivity (Wildman–Crippen MR) is 192 cm³/mol. The van der Waals surface area contributed by atoms with E-state index < -0.39 is 34.8 Å². The molecule has 10 rings (SSSR count). The van der Waals surface area contributed by atoms with Crippen molar-refractivity contribution in [2.75, 3.05) is 31.2 Å². The maximum Gasteiger partial charge on any atom is 0.434 e. The molecule has 2 saturated heterocycles. The number of alkyl halides is 3. The molecule has 4 aliphatic carbocycles. The first-order valence-corrected chi connectivity index (χ1v) is 19.1. The monoisotopic (exact) mass is 744 g/mol. The van der Waals surface area contributed by atoms with E-state index in [-0.39, 0.29) is 29.7 Å². The van der Waals surface area contributed by atoms with Crippen LogP contribution in [0.3, 0.4) is 0 Å². The van der Waals surface area contributed by atoms with Gasteiger partial charge in [-0.3, -0.25) is 4.79 Å². The van der Waals surface area contributed by atoms with E-state index in [9.17, 15) is 27.9 Å². The summed E-state index contributed by atoms with van der Waals surface area (Å²) in [6.45, 7) is 2.64. The molecule has 1 aromatic carbocycles. The summed E-state index contributed by atoms with van der Waals surface area (Å²) in [5, 5.41) is 13.9. The highest BCUT2D eigenvalue weighted by atomic mass is 19.4. The van der Waals surface area contributed by atoms with Crippen molar-refractivity contribution in [2.45, 2.75) is 81.6 Å². The van der Waals surface area contributed by atoms with Gasteiger partial charge in [-0.2, -0.15) is 13.2 Å². The van der Waals surface area contributed by atoms with Crippen LogP contribution in [0.5, 0.6) is 5.75 Å². The lowest BCUT2D eigenvalue weighted by Gasteiger charge is -2.59. The van der Waals surface area contributed by atoms with E-state index >= 15 is 0 Å². The Morgan fingerprint density at radius 3 is 2.26 bits per heavy atom. The number of amides is 1. The molecule has 1 amide bonds. The average Bonchev–Trinajstić information content (AvgIpc) is 3.55. The average molecular weight is 745 g/mol. The molecule has 4 bridgehead atoms. The summed E-state index contributed by atoms with van der Waals surface area (Å²) in [4.78, 5) is 41.7. The van der Waals surface area contributed by atoms with Crippen molar-refractivity contribution < 1.29 is 37.3 Å². The van der Waals surface area contributed by atoms with Gasteiger partial charge >= 0.3 is 12.1 Å². The summed E-state index contributed by atoms with van der Waals surface area (Å²) >= 11 is 0. The molecule has 2 aliphatic heterocycles. The SMILES string of the molecule is O=C(NC1(C(=O)O)C2CC3CC(C2)CC1C3)c1ccc(-c2cn(C3CCOCC3)c3cc(OC4CCN(c5ncccn5)CC4)ccc23)nc1C(F)(F)F. The number of fused-ring (bicyclic) bond motifs is 1. The second-order valence-corrected chi connectivity index (χ2v) is 15.8. The molecule has 284 valence electrons. The van der Waals surface area contributed by atoms with Gasteiger partial charge in [0.2, 0.25) is 5.95 Å². The summed E-state index contributed by atoms with van der Waals surface area (Å²) in [6, 6.07) is 10.1. The fourth-order valence-electron chi connectivity index (χ4n) is 10.4. The summed E-state index contributed by atoms with van der Waals surface area (Å²) in [5.41, 5.74) is -2.21. The van der Waals surface area contributed by atoms with E-state index in [1.807, 2.05) is 24.4 Å². The van der Waals surface area contributed by atoms with Gasteiger partial charge in [-0.15, -0.1) is 0 Å². The number of aliphatic carboxylic acids is 1. The first kappa shape index (κ1) is 35.0. The van der Waals surface area contributed by atoms with E-state index in [0.717, 1.165) is 56.8 Å². The van der Waals surface area contributed by atoms with Crippen molar-refractivity contribution in [3.8, 4) is 17.0 Å². The molecule has 11 nitrogen and oxygen atoms in total. The Hall–Kier alpha value is -4.72. The van der Waals surface area contributed by atoms with Crippen LogP contribution in [0, 0.1) is 23.7 Å². The van der Waals surface area contributed by atoms with Crippen LogP contribution in [0.2, 0.25) is 0 Å². The van der Waals surface area contributed by atoms with Crippen molar-refractivity contribution in [3.05, 3.63) is 66.2 Å². The van der Waals surface area contributed by atoms with Gasteiger partial charge in [-0.05, 0) is 98.9 Å². The van der Waals surface area contributed by atoms with Crippen LogP contribution < -0.4 is 15.0 Å². The summed E-state index contributed by atoms with van der Waals surface area (Å²) in [7, 11) is 0. The number of pyridine rings is 1. The number of carbonyl (C=O) groups is 2. The lowest BCUT2D eigenvalue weighted by atomic mass is 9.48. The van der Waals surface area contributed by atoms with Gasteiger partial charge in [0.15, 0.2) is 5.69 Å². The summed E-state index contributed by atoms with van der Waals surface area (Å²) in [6.07, 6.45) is 7.06. The number of hydrogen-bond donors (Lipinski definition) is 2. The first-order valence-electron chi connectivity index (χ1n) is 19.1. The van der Waals surface area contributed by atoms with Crippen molar-refractivity contribution in [2.24, 2.45) is 23.7 Å². The number of carboxylic acids is 1. The number of nitrogens with zero attached hydrogens (tertiary/aromatic N) is 5. The Kier molecular flexibility index (Phi) is 8.78. The number of carboxylic acid groups (broad SMARTS) is 1. The molecular formula is C40H43F3N6O5. The topological polar surface area (TPSA) is 132 Å². The highest BCUT2D eigenvalue weighted by Gasteiger charge is 2.62. The summed E-state index contributed by atoms with van der Waals surface area (Å²) in [5.74, 6) is -0.655. The van der Waals surface area contributed by atoms with Gasteiger partial charge in [-0.25, -0.2) is 19.7 Å². The Bertz CT molecular complexity index is 2030. The van der Waals surface area contributed by atoms with Crippen LogP contribution in [-0.2, 0) is 15.7 Å². The van der Waals surface area contributed by atoms with Crippen molar-refractivity contribution in [1.82, 2.24) is 24.8 Å². The number of carbonyl (C=O) groups excluding carboxylic acids is 1. The van der Waals surface area contributed by atoms with Gasteiger partial charge in [0, 0.05) is 80.8 Å². The molecule has 0 atom stereocenters. The van der Waals surface area contributed by atoms with Crippen LogP contribution in [-0.4, -0.2) is 74.4 Å². The molecule has 3 aromatic heterocycles. The van der Waals surface area contributed by atoms with Crippen molar-refractivity contribution in [1.29, 1.82) is 0 Å². The molecule has 5 heterocycles. The van der Waals surface area contributed by atoms with Gasteiger partial charge in [-0.1, -0.05) is 0 Å². The third-order valence-corrected chi connectivity index (χ3v) is 12.8. The lowest BCUT2D eigenvalue weighted by molar-refractivity contribution is -0.163. The number of piperidine rings is 1. The fraction of sp³-hybridized carbons (Fsp3) is 0.525. The minimum absolute atomic E-state index is 0.0257. The third-order valence-electron chi connectivity index (χ3n) is 12.8. The van der Waals surface area contributed by atoms with Crippen LogP contribution >= 0.6 is 0 Å². The minimum Gasteiger partial charge on any atom is -0.490 e. The number of aromatic nitrogens is 4. The van der Waals surface area contributed by atoms with Crippen LogP contribution in [0.15, 0.2) is 55.0 Å². The number of ether oxygens (including phenoxy) is 2. The Labute approximate surface area is 310 Å². The Morgan fingerprint density at radius 2 is 1.61 bits per heavy atom. The Balaban J connectivity index is 1.02. The normalized spacial score (nSPS) is 27.4. The third kappa shape index (κ3) is 6.15. The van der Waals surface area contributed by atoms with E-state index in [0.29, 0.717) is 73.4 Å². The number of rotatable bonds is 8. The molecule has 6 aliphatic rings. The smallest absolute Gasteiger partial charge is 0.434 e. The van der Waals surface area contributed by atoms with Gasteiger partial charge in [0.25, 0.3) is 5.91 Å². The lowest BCUT2D eigenvalue weighted by Crippen LogP contribution is -2.70. The number of anilines is 1.